The van der Waals surface area contributed by atoms with Gasteiger partial charge in [0.2, 0.25) is 0 Å². The standard InChI is InChI=1S/C42H82O4/c1-3-5-7-9-11-16-22-28-34-40(36-30-24-18-15-19-25-31-37-41(43)44)35-29-23-17-13-14-20-26-32-38-42(45)46-39-33-27-21-12-10-8-6-4-2/h40H,3-39H2,1-2H3,(H,43,44). The third kappa shape index (κ3) is 37.4. The molecule has 46 heavy (non-hydrogen) atoms. The van der Waals surface area contributed by atoms with Crippen LogP contribution in [0.3, 0.4) is 0 Å². The first-order valence-electron chi connectivity index (χ1n) is 21.0. The molecule has 0 aliphatic heterocycles. The molecule has 0 aromatic rings. The highest BCUT2D eigenvalue weighted by Crippen LogP contribution is 2.25. The van der Waals surface area contributed by atoms with Crippen LogP contribution in [0.15, 0.2) is 0 Å². The zero-order chi connectivity index (χ0) is 33.6. The van der Waals surface area contributed by atoms with E-state index in [9.17, 15) is 9.59 Å². The minimum atomic E-state index is -0.655. The van der Waals surface area contributed by atoms with Gasteiger partial charge < -0.3 is 9.84 Å². The summed E-state index contributed by atoms with van der Waals surface area (Å²) in [4.78, 5) is 22.6. The van der Waals surface area contributed by atoms with Gasteiger partial charge in [-0.3, -0.25) is 9.59 Å². The van der Waals surface area contributed by atoms with Crippen molar-refractivity contribution in [3.05, 3.63) is 0 Å². The Balaban J connectivity index is 3.83. The zero-order valence-corrected chi connectivity index (χ0v) is 31.4. The molecule has 4 heteroatoms. The highest BCUT2D eigenvalue weighted by molar-refractivity contribution is 5.69. The molecule has 4 nitrogen and oxygen atoms in total. The number of esters is 1. The number of carbonyl (C=O) groups is 2. The van der Waals surface area contributed by atoms with Crippen LogP contribution in [0.4, 0.5) is 0 Å². The van der Waals surface area contributed by atoms with Crippen molar-refractivity contribution in [2.45, 2.75) is 245 Å². The third-order valence-electron chi connectivity index (χ3n) is 9.97. The second-order valence-electron chi connectivity index (χ2n) is 14.6. The Morgan fingerprint density at radius 2 is 0.717 bits per heavy atom. The van der Waals surface area contributed by atoms with E-state index >= 15 is 0 Å². The van der Waals surface area contributed by atoms with Gasteiger partial charge in [0.1, 0.15) is 0 Å². The quantitative estimate of drug-likeness (QED) is 0.0531. The number of aliphatic carboxylic acids is 1. The van der Waals surface area contributed by atoms with Crippen LogP contribution in [0, 0.1) is 5.92 Å². The molecular formula is C42H82O4. The molecule has 0 fully saturated rings. The average molecular weight is 651 g/mol. The van der Waals surface area contributed by atoms with Crippen molar-refractivity contribution in [3.63, 3.8) is 0 Å². The van der Waals surface area contributed by atoms with Crippen LogP contribution in [0.5, 0.6) is 0 Å². The van der Waals surface area contributed by atoms with Gasteiger partial charge in [0, 0.05) is 12.8 Å². The summed E-state index contributed by atoms with van der Waals surface area (Å²) in [7, 11) is 0. The lowest BCUT2D eigenvalue weighted by atomic mass is 9.89. The van der Waals surface area contributed by atoms with Gasteiger partial charge in [-0.25, -0.2) is 0 Å². The maximum atomic E-state index is 12.0. The summed E-state index contributed by atoms with van der Waals surface area (Å²) in [5, 5.41) is 8.77. The topological polar surface area (TPSA) is 63.6 Å². The van der Waals surface area contributed by atoms with E-state index in [0.29, 0.717) is 19.4 Å². The molecule has 0 saturated heterocycles. The second-order valence-corrected chi connectivity index (χ2v) is 14.6. The summed E-state index contributed by atoms with van der Waals surface area (Å²) in [5.74, 6) is 0.279. The maximum Gasteiger partial charge on any atom is 0.305 e. The molecule has 1 atom stereocenters. The molecule has 1 N–H and O–H groups in total. The van der Waals surface area contributed by atoms with Gasteiger partial charge in [0.25, 0.3) is 0 Å². The lowest BCUT2D eigenvalue weighted by Gasteiger charge is -2.17. The molecule has 0 spiro atoms. The van der Waals surface area contributed by atoms with E-state index in [1.165, 1.54) is 186 Å². The van der Waals surface area contributed by atoms with Crippen LogP contribution >= 0.6 is 0 Å². The Morgan fingerprint density at radius 3 is 1.09 bits per heavy atom. The van der Waals surface area contributed by atoms with Gasteiger partial charge in [-0.15, -0.1) is 0 Å². The predicted octanol–water partition coefficient (Wildman–Crippen LogP) is 14.3. The molecule has 0 aromatic heterocycles. The van der Waals surface area contributed by atoms with Crippen molar-refractivity contribution in [2.75, 3.05) is 6.61 Å². The average Bonchev–Trinajstić information content (AvgIpc) is 3.04. The fourth-order valence-corrected chi connectivity index (χ4v) is 6.85. The molecule has 0 rings (SSSR count). The fourth-order valence-electron chi connectivity index (χ4n) is 6.85. The number of ether oxygens (including phenoxy) is 1. The van der Waals surface area contributed by atoms with Crippen LogP contribution in [0.25, 0.3) is 0 Å². The summed E-state index contributed by atoms with van der Waals surface area (Å²) in [6, 6.07) is 0. The SMILES string of the molecule is CCCCCCCCCCOC(=O)CCCCCCCCCCC(CCCCCCCCCC)CCCCCCCCCC(=O)O. The number of carbonyl (C=O) groups excluding carboxylic acids is 1. The van der Waals surface area contributed by atoms with Crippen LogP contribution in [-0.4, -0.2) is 23.7 Å². The molecule has 0 aliphatic carbocycles. The van der Waals surface area contributed by atoms with Gasteiger partial charge in [-0.05, 0) is 25.2 Å². The lowest BCUT2D eigenvalue weighted by molar-refractivity contribution is -0.144. The van der Waals surface area contributed by atoms with Gasteiger partial charge in [0.15, 0.2) is 0 Å². The van der Waals surface area contributed by atoms with Crippen LogP contribution in [0.2, 0.25) is 0 Å². The number of carboxylic acids is 1. The smallest absolute Gasteiger partial charge is 0.305 e. The summed E-state index contributed by atoms with van der Waals surface area (Å²) < 4.78 is 5.44. The molecule has 1 unspecified atom stereocenters. The predicted molar refractivity (Wildman–Crippen MR) is 200 cm³/mol. The first-order valence-corrected chi connectivity index (χ1v) is 21.0. The largest absolute Gasteiger partial charge is 0.481 e. The zero-order valence-electron chi connectivity index (χ0n) is 31.4. The van der Waals surface area contributed by atoms with Gasteiger partial charge >= 0.3 is 11.9 Å². The number of hydrogen-bond donors (Lipinski definition) is 1. The van der Waals surface area contributed by atoms with E-state index in [1.54, 1.807) is 0 Å². The van der Waals surface area contributed by atoms with Crippen molar-refractivity contribution in [2.24, 2.45) is 5.92 Å². The molecule has 0 amide bonds. The molecule has 274 valence electrons. The fraction of sp³-hybridized carbons (Fsp3) is 0.952. The Morgan fingerprint density at radius 1 is 0.413 bits per heavy atom. The van der Waals surface area contributed by atoms with E-state index in [4.69, 9.17) is 9.84 Å². The van der Waals surface area contributed by atoms with Crippen molar-refractivity contribution >= 4 is 11.9 Å². The van der Waals surface area contributed by atoms with E-state index in [-0.39, 0.29) is 5.97 Å². The minimum absolute atomic E-state index is 0.0115. The molecule has 0 aliphatic rings. The molecular weight excluding hydrogens is 568 g/mol. The molecule has 0 radical (unpaired) electrons. The highest BCUT2D eigenvalue weighted by atomic mass is 16.5. The van der Waals surface area contributed by atoms with Crippen molar-refractivity contribution in [1.82, 2.24) is 0 Å². The summed E-state index contributed by atoms with van der Waals surface area (Å²) in [5.41, 5.74) is 0. The van der Waals surface area contributed by atoms with Gasteiger partial charge in [-0.1, -0.05) is 213 Å². The minimum Gasteiger partial charge on any atom is -0.481 e. The van der Waals surface area contributed by atoms with E-state index < -0.39 is 5.97 Å². The Kier molecular flexibility index (Phi) is 37.5. The number of carboxylic acid groups (broad SMARTS) is 1. The summed E-state index contributed by atoms with van der Waals surface area (Å²) in [6.07, 6.45) is 45.4. The van der Waals surface area contributed by atoms with Crippen molar-refractivity contribution in [3.8, 4) is 0 Å². The monoisotopic (exact) mass is 651 g/mol. The van der Waals surface area contributed by atoms with E-state index in [0.717, 1.165) is 38.0 Å². The van der Waals surface area contributed by atoms with Gasteiger partial charge in [-0.2, -0.15) is 0 Å². The normalized spacial score (nSPS) is 12.0. The van der Waals surface area contributed by atoms with Crippen LogP contribution < -0.4 is 0 Å². The van der Waals surface area contributed by atoms with E-state index in [2.05, 4.69) is 13.8 Å². The summed E-state index contributed by atoms with van der Waals surface area (Å²) in [6.45, 7) is 5.17. The van der Waals surface area contributed by atoms with E-state index in [1.807, 2.05) is 0 Å². The summed E-state index contributed by atoms with van der Waals surface area (Å²) >= 11 is 0. The molecule has 0 bridgehead atoms. The first kappa shape index (κ1) is 44.9. The lowest BCUT2D eigenvalue weighted by Crippen LogP contribution is -2.05. The molecule has 0 heterocycles. The Hall–Kier alpha value is -1.06. The third-order valence-corrected chi connectivity index (χ3v) is 9.97. The van der Waals surface area contributed by atoms with Crippen LogP contribution in [0.1, 0.15) is 245 Å². The highest BCUT2D eigenvalue weighted by Gasteiger charge is 2.09. The van der Waals surface area contributed by atoms with Gasteiger partial charge in [0.05, 0.1) is 6.61 Å². The number of rotatable bonds is 39. The number of hydrogen-bond acceptors (Lipinski definition) is 3. The maximum absolute atomic E-state index is 12.0. The molecule has 0 saturated carbocycles. The Bertz CT molecular complexity index is 619. The van der Waals surface area contributed by atoms with Crippen LogP contribution in [-0.2, 0) is 14.3 Å². The Labute approximate surface area is 288 Å². The van der Waals surface area contributed by atoms with Crippen molar-refractivity contribution in [1.29, 1.82) is 0 Å². The van der Waals surface area contributed by atoms with Crippen molar-refractivity contribution < 1.29 is 19.4 Å². The molecule has 0 aromatic carbocycles. The number of unbranched alkanes of at least 4 members (excludes halogenated alkanes) is 27. The first-order chi connectivity index (χ1) is 22.6. The second kappa shape index (κ2) is 38.4.